The third kappa shape index (κ3) is 4.95. The average molecular weight is 412 g/mol. The third-order valence-electron chi connectivity index (χ3n) is 4.81. The van der Waals surface area contributed by atoms with Gasteiger partial charge in [0.05, 0.1) is 0 Å². The number of carbonyl (C=O) groups excluding carboxylic acids is 1. The Morgan fingerprint density at radius 1 is 1.00 bits per heavy atom. The molecular formula is C24H24N6O. The number of hydrogen-bond donors (Lipinski definition) is 2. The van der Waals surface area contributed by atoms with E-state index in [9.17, 15) is 4.79 Å². The van der Waals surface area contributed by atoms with Crippen LogP contribution in [0.3, 0.4) is 0 Å². The molecule has 0 saturated carbocycles. The van der Waals surface area contributed by atoms with Crippen LogP contribution in [0.2, 0.25) is 0 Å². The molecule has 0 fully saturated rings. The highest BCUT2D eigenvalue weighted by molar-refractivity contribution is 6.04. The minimum absolute atomic E-state index is 0.205. The van der Waals surface area contributed by atoms with E-state index in [1.165, 1.54) is 5.56 Å². The van der Waals surface area contributed by atoms with Crippen molar-refractivity contribution in [1.29, 1.82) is 0 Å². The number of nitrogens with one attached hydrogen (secondary N) is 2. The third-order valence-corrected chi connectivity index (χ3v) is 4.81. The first-order valence-electron chi connectivity index (χ1n) is 10.2. The van der Waals surface area contributed by atoms with Crippen molar-refractivity contribution in [2.24, 2.45) is 0 Å². The highest BCUT2D eigenvalue weighted by Gasteiger charge is 2.13. The number of carbonyl (C=O) groups is 1. The Balaban J connectivity index is 1.47. The molecule has 1 amide bonds. The van der Waals surface area contributed by atoms with E-state index in [1.54, 1.807) is 18.5 Å². The fourth-order valence-electron chi connectivity index (χ4n) is 3.19. The average Bonchev–Trinajstić information content (AvgIpc) is 3.29. The van der Waals surface area contributed by atoms with Crippen LogP contribution < -0.4 is 10.6 Å². The van der Waals surface area contributed by atoms with E-state index in [4.69, 9.17) is 0 Å². The van der Waals surface area contributed by atoms with Crippen molar-refractivity contribution in [3.05, 3.63) is 90.3 Å². The first kappa shape index (κ1) is 20.3. The van der Waals surface area contributed by atoms with Crippen molar-refractivity contribution in [3.63, 3.8) is 0 Å². The summed E-state index contributed by atoms with van der Waals surface area (Å²) >= 11 is 0. The molecule has 0 aliphatic carbocycles. The fraction of sp³-hybridized carbons (Fsp3) is 0.167. The van der Waals surface area contributed by atoms with Crippen LogP contribution in [0, 0.1) is 0 Å². The van der Waals surface area contributed by atoms with Crippen LogP contribution in [-0.4, -0.2) is 25.7 Å². The lowest BCUT2D eigenvalue weighted by molar-refractivity contribution is 0.102. The van der Waals surface area contributed by atoms with Crippen molar-refractivity contribution in [2.75, 3.05) is 10.6 Å². The molecule has 156 valence electrons. The van der Waals surface area contributed by atoms with Crippen LogP contribution in [0.1, 0.15) is 35.8 Å². The van der Waals surface area contributed by atoms with Crippen LogP contribution >= 0.6 is 0 Å². The monoisotopic (exact) mass is 412 g/mol. The van der Waals surface area contributed by atoms with E-state index < -0.39 is 0 Å². The van der Waals surface area contributed by atoms with Gasteiger partial charge in [-0.05, 0) is 49.7 Å². The van der Waals surface area contributed by atoms with E-state index in [2.05, 4.69) is 51.8 Å². The van der Waals surface area contributed by atoms with Gasteiger partial charge in [0.15, 0.2) is 5.82 Å². The van der Waals surface area contributed by atoms with Gasteiger partial charge in [0.1, 0.15) is 17.8 Å². The summed E-state index contributed by atoms with van der Waals surface area (Å²) in [5.41, 5.74) is 3.26. The largest absolute Gasteiger partial charge is 0.381 e. The first-order chi connectivity index (χ1) is 15.1. The normalized spacial score (nSPS) is 10.8. The number of pyridine rings is 1. The van der Waals surface area contributed by atoms with Crippen LogP contribution in [0.15, 0.2) is 79.1 Å². The quantitative estimate of drug-likeness (QED) is 0.456. The maximum atomic E-state index is 12.8. The lowest BCUT2D eigenvalue weighted by Gasteiger charge is -2.11. The number of anilines is 2. The Morgan fingerprint density at radius 3 is 2.61 bits per heavy atom. The number of rotatable bonds is 7. The molecule has 2 aromatic heterocycles. The summed E-state index contributed by atoms with van der Waals surface area (Å²) in [6, 6.07) is 23.2. The van der Waals surface area contributed by atoms with E-state index in [-0.39, 0.29) is 11.9 Å². The molecule has 2 N–H and O–H groups in total. The maximum absolute atomic E-state index is 12.8. The Kier molecular flexibility index (Phi) is 6.03. The van der Waals surface area contributed by atoms with Crippen LogP contribution in [0.25, 0.3) is 11.5 Å². The zero-order valence-electron chi connectivity index (χ0n) is 17.5. The summed E-state index contributed by atoms with van der Waals surface area (Å²) in [7, 11) is 0. The van der Waals surface area contributed by atoms with Gasteiger partial charge in [-0.3, -0.25) is 4.79 Å². The van der Waals surface area contributed by atoms with Crippen molar-refractivity contribution >= 4 is 17.4 Å². The predicted octanol–water partition coefficient (Wildman–Crippen LogP) is 4.79. The highest BCUT2D eigenvalue weighted by Crippen LogP contribution is 2.20. The SMILES string of the molecule is CC(C)n1cnnc1-c1cccc(NC(=O)c2cccc(NCc3ccccc3)c2)n1. The molecule has 0 bridgehead atoms. The van der Waals surface area contributed by atoms with E-state index in [0.717, 1.165) is 5.69 Å². The van der Waals surface area contributed by atoms with Gasteiger partial charge in [0.2, 0.25) is 0 Å². The molecule has 0 spiro atoms. The van der Waals surface area contributed by atoms with Crippen molar-refractivity contribution < 1.29 is 4.79 Å². The standard InChI is InChI=1S/C24H24N6O/c1-17(2)30-16-26-29-23(30)21-12-7-13-22(27-21)28-24(31)19-10-6-11-20(14-19)25-15-18-8-4-3-5-9-18/h3-14,16-17,25H,15H2,1-2H3,(H,27,28,31). The number of benzene rings is 2. The Morgan fingerprint density at radius 2 is 1.81 bits per heavy atom. The molecule has 7 nitrogen and oxygen atoms in total. The molecule has 0 aliphatic heterocycles. The van der Waals surface area contributed by atoms with Crippen molar-refractivity contribution in [3.8, 4) is 11.5 Å². The van der Waals surface area contributed by atoms with Gasteiger partial charge in [-0.25, -0.2) is 4.98 Å². The minimum Gasteiger partial charge on any atom is -0.381 e. The van der Waals surface area contributed by atoms with Gasteiger partial charge in [-0.15, -0.1) is 10.2 Å². The number of amides is 1. The summed E-state index contributed by atoms with van der Waals surface area (Å²) in [5, 5.41) is 14.4. The molecule has 2 aromatic carbocycles. The summed E-state index contributed by atoms with van der Waals surface area (Å²) in [4.78, 5) is 17.4. The Labute approximate surface area is 181 Å². The van der Waals surface area contributed by atoms with Gasteiger partial charge < -0.3 is 15.2 Å². The molecule has 0 unspecified atom stereocenters. The highest BCUT2D eigenvalue weighted by atomic mass is 16.1. The Bertz CT molecular complexity index is 1170. The maximum Gasteiger partial charge on any atom is 0.256 e. The molecule has 2 heterocycles. The zero-order valence-corrected chi connectivity index (χ0v) is 17.5. The minimum atomic E-state index is -0.224. The smallest absolute Gasteiger partial charge is 0.256 e. The Hall–Kier alpha value is -4.00. The number of hydrogen-bond acceptors (Lipinski definition) is 5. The van der Waals surface area contributed by atoms with Crippen molar-refractivity contribution in [2.45, 2.75) is 26.4 Å². The summed E-state index contributed by atoms with van der Waals surface area (Å²) in [5.74, 6) is 0.903. The second-order valence-corrected chi connectivity index (χ2v) is 7.44. The fourth-order valence-corrected chi connectivity index (χ4v) is 3.19. The summed E-state index contributed by atoms with van der Waals surface area (Å²) in [6.45, 7) is 4.79. The predicted molar refractivity (Wildman–Crippen MR) is 122 cm³/mol. The molecule has 0 radical (unpaired) electrons. The molecule has 7 heteroatoms. The topological polar surface area (TPSA) is 84.7 Å². The molecular weight excluding hydrogens is 388 g/mol. The van der Waals surface area contributed by atoms with Crippen molar-refractivity contribution in [1.82, 2.24) is 19.7 Å². The molecule has 0 aliphatic rings. The summed E-state index contributed by atoms with van der Waals surface area (Å²) in [6.07, 6.45) is 1.68. The van der Waals surface area contributed by atoms with Crippen LogP contribution in [0.5, 0.6) is 0 Å². The van der Waals surface area contributed by atoms with Gasteiger partial charge >= 0.3 is 0 Å². The zero-order chi connectivity index (χ0) is 21.6. The van der Waals surface area contributed by atoms with Gasteiger partial charge in [-0.1, -0.05) is 42.5 Å². The lowest BCUT2D eigenvalue weighted by atomic mass is 10.1. The molecule has 4 aromatic rings. The van der Waals surface area contributed by atoms with Gasteiger partial charge in [0, 0.05) is 23.8 Å². The number of nitrogens with zero attached hydrogens (tertiary/aromatic N) is 4. The second kappa shape index (κ2) is 9.21. The van der Waals surface area contributed by atoms with E-state index >= 15 is 0 Å². The number of aromatic nitrogens is 4. The lowest BCUT2D eigenvalue weighted by Crippen LogP contribution is -2.14. The first-order valence-corrected chi connectivity index (χ1v) is 10.2. The van der Waals surface area contributed by atoms with E-state index in [1.807, 2.05) is 53.1 Å². The molecule has 0 saturated heterocycles. The van der Waals surface area contributed by atoms with Crippen LogP contribution in [0.4, 0.5) is 11.5 Å². The molecule has 4 rings (SSSR count). The second-order valence-electron chi connectivity index (χ2n) is 7.44. The summed E-state index contributed by atoms with van der Waals surface area (Å²) < 4.78 is 1.94. The molecule has 0 atom stereocenters. The van der Waals surface area contributed by atoms with E-state index in [0.29, 0.717) is 29.4 Å². The molecule has 31 heavy (non-hydrogen) atoms. The van der Waals surface area contributed by atoms with Gasteiger partial charge in [-0.2, -0.15) is 0 Å². The van der Waals surface area contributed by atoms with Crippen LogP contribution in [-0.2, 0) is 6.54 Å². The van der Waals surface area contributed by atoms with Gasteiger partial charge in [0.25, 0.3) is 5.91 Å².